The summed E-state index contributed by atoms with van der Waals surface area (Å²) in [7, 11) is 0. The summed E-state index contributed by atoms with van der Waals surface area (Å²) in [5.41, 5.74) is 3.87. The number of nitrogens with one attached hydrogen (secondary N) is 1. The predicted octanol–water partition coefficient (Wildman–Crippen LogP) is 4.49. The van der Waals surface area contributed by atoms with Crippen LogP contribution in [-0.2, 0) is 0 Å². The Kier molecular flexibility index (Phi) is 5.64. The van der Waals surface area contributed by atoms with E-state index in [9.17, 15) is 9.90 Å². The maximum Gasteiger partial charge on any atom is 0.271 e. The molecule has 0 spiro atoms. The fraction of sp³-hybridized carbons (Fsp3) is 0.176. The Balaban J connectivity index is 2.34. The number of benzene rings is 2. The van der Waals surface area contributed by atoms with Crippen LogP contribution in [0.2, 0.25) is 10.0 Å². The third-order valence-electron chi connectivity index (χ3n) is 3.16. The molecular formula is C17H16Cl2N2O2. The van der Waals surface area contributed by atoms with E-state index in [0.717, 1.165) is 0 Å². The van der Waals surface area contributed by atoms with Gasteiger partial charge in [-0.3, -0.25) is 4.79 Å². The third-order valence-corrected chi connectivity index (χ3v) is 3.67. The van der Waals surface area contributed by atoms with Crippen molar-refractivity contribution in [3.05, 3.63) is 63.6 Å². The topological polar surface area (TPSA) is 61.7 Å². The second-order valence-electron chi connectivity index (χ2n) is 5.24. The van der Waals surface area contributed by atoms with Crippen molar-refractivity contribution in [2.45, 2.75) is 13.8 Å². The van der Waals surface area contributed by atoms with Crippen LogP contribution in [0.1, 0.15) is 29.8 Å². The number of halogens is 2. The zero-order valence-corrected chi connectivity index (χ0v) is 14.2. The van der Waals surface area contributed by atoms with Gasteiger partial charge in [0.15, 0.2) is 0 Å². The van der Waals surface area contributed by atoms with Crippen LogP contribution in [0.25, 0.3) is 0 Å². The molecule has 0 radical (unpaired) electrons. The molecule has 0 saturated carbocycles. The van der Waals surface area contributed by atoms with Gasteiger partial charge in [-0.1, -0.05) is 55.2 Å². The lowest BCUT2D eigenvalue weighted by Gasteiger charge is -2.13. The van der Waals surface area contributed by atoms with Gasteiger partial charge in [0.1, 0.15) is 5.75 Å². The fourth-order valence-corrected chi connectivity index (χ4v) is 2.52. The van der Waals surface area contributed by atoms with Crippen molar-refractivity contribution in [2.75, 3.05) is 0 Å². The van der Waals surface area contributed by atoms with Gasteiger partial charge in [-0.05, 0) is 30.2 Å². The fourth-order valence-electron chi connectivity index (χ4n) is 2.03. The van der Waals surface area contributed by atoms with Crippen LogP contribution in [-0.4, -0.2) is 16.7 Å². The lowest BCUT2D eigenvalue weighted by atomic mass is 9.99. The summed E-state index contributed by atoms with van der Waals surface area (Å²) in [6.45, 7) is 3.78. The van der Waals surface area contributed by atoms with E-state index in [1.54, 1.807) is 30.3 Å². The van der Waals surface area contributed by atoms with Crippen LogP contribution in [0.4, 0.5) is 0 Å². The molecule has 0 heterocycles. The van der Waals surface area contributed by atoms with E-state index >= 15 is 0 Å². The lowest BCUT2D eigenvalue weighted by molar-refractivity contribution is 0.0954. The van der Waals surface area contributed by atoms with E-state index in [1.807, 2.05) is 19.9 Å². The normalized spacial score (nSPS) is 11.6. The summed E-state index contributed by atoms with van der Waals surface area (Å²) in [6, 6.07) is 11.8. The van der Waals surface area contributed by atoms with E-state index in [-0.39, 0.29) is 22.6 Å². The number of aromatic hydroxyl groups is 1. The van der Waals surface area contributed by atoms with E-state index in [1.165, 1.54) is 6.07 Å². The van der Waals surface area contributed by atoms with Crippen molar-refractivity contribution < 1.29 is 9.90 Å². The molecule has 0 atom stereocenters. The van der Waals surface area contributed by atoms with Gasteiger partial charge in [0, 0.05) is 16.1 Å². The molecule has 0 aliphatic carbocycles. The zero-order chi connectivity index (χ0) is 17.0. The Morgan fingerprint density at radius 3 is 2.43 bits per heavy atom. The van der Waals surface area contributed by atoms with Gasteiger partial charge in [-0.25, -0.2) is 5.43 Å². The molecular weight excluding hydrogens is 335 g/mol. The van der Waals surface area contributed by atoms with E-state index in [2.05, 4.69) is 10.5 Å². The number of phenols is 1. The number of carbonyl (C=O) groups excluding carboxylic acids is 1. The molecule has 2 aromatic rings. The molecule has 120 valence electrons. The molecule has 0 saturated heterocycles. The molecule has 23 heavy (non-hydrogen) atoms. The number of hydrogen-bond donors (Lipinski definition) is 2. The van der Waals surface area contributed by atoms with Crippen molar-refractivity contribution in [2.24, 2.45) is 11.0 Å². The van der Waals surface area contributed by atoms with Crippen LogP contribution in [0.5, 0.6) is 5.75 Å². The highest BCUT2D eigenvalue weighted by atomic mass is 35.5. The van der Waals surface area contributed by atoms with Gasteiger partial charge in [0.05, 0.1) is 10.7 Å². The van der Waals surface area contributed by atoms with Gasteiger partial charge < -0.3 is 5.11 Å². The zero-order valence-electron chi connectivity index (χ0n) is 12.7. The Bertz CT molecular complexity index is 744. The lowest BCUT2D eigenvalue weighted by Crippen LogP contribution is -2.22. The number of hydrazone groups is 1. The summed E-state index contributed by atoms with van der Waals surface area (Å²) in [6.07, 6.45) is 0. The van der Waals surface area contributed by atoms with Crippen LogP contribution >= 0.6 is 23.2 Å². The molecule has 1 amide bonds. The number of carbonyl (C=O) groups is 1. The predicted molar refractivity (Wildman–Crippen MR) is 93.4 cm³/mol. The highest BCUT2D eigenvalue weighted by Gasteiger charge is 2.17. The van der Waals surface area contributed by atoms with Crippen molar-refractivity contribution >= 4 is 34.8 Å². The number of amides is 1. The van der Waals surface area contributed by atoms with Gasteiger partial charge in [-0.15, -0.1) is 0 Å². The first-order valence-corrected chi connectivity index (χ1v) is 7.77. The number of phenolic OH excluding ortho intramolecular Hbond substituents is 1. The molecule has 0 unspecified atom stereocenters. The second-order valence-corrected chi connectivity index (χ2v) is 6.09. The summed E-state index contributed by atoms with van der Waals surface area (Å²) in [5.74, 6) is -0.514. The maximum atomic E-state index is 12.1. The Morgan fingerprint density at radius 1 is 1.17 bits per heavy atom. The van der Waals surface area contributed by atoms with Crippen molar-refractivity contribution in [3.8, 4) is 5.75 Å². The first-order valence-electron chi connectivity index (χ1n) is 7.01. The Hall–Kier alpha value is -2.04. The maximum absolute atomic E-state index is 12.1. The number of rotatable bonds is 4. The smallest absolute Gasteiger partial charge is 0.271 e. The molecule has 0 aliphatic heterocycles. The molecule has 4 nitrogen and oxygen atoms in total. The number of nitrogens with zero attached hydrogens (tertiary/aromatic N) is 1. The highest BCUT2D eigenvalue weighted by Crippen LogP contribution is 2.32. The van der Waals surface area contributed by atoms with Gasteiger partial charge in [-0.2, -0.15) is 5.10 Å². The van der Waals surface area contributed by atoms with Crippen molar-refractivity contribution in [1.82, 2.24) is 5.43 Å². The quantitative estimate of drug-likeness (QED) is 0.630. The Morgan fingerprint density at radius 2 is 1.83 bits per heavy atom. The first kappa shape index (κ1) is 17.3. The van der Waals surface area contributed by atoms with Crippen LogP contribution < -0.4 is 5.43 Å². The van der Waals surface area contributed by atoms with Crippen molar-refractivity contribution in [3.63, 3.8) is 0 Å². The largest absolute Gasteiger partial charge is 0.506 e. The van der Waals surface area contributed by atoms with Crippen LogP contribution in [0, 0.1) is 5.92 Å². The van der Waals surface area contributed by atoms with Crippen LogP contribution in [0.15, 0.2) is 47.6 Å². The molecule has 0 aliphatic rings. The SMILES string of the molecule is CC(C)C(=NNC(=O)c1ccccc1)c1cc(Cl)cc(Cl)c1O. The third kappa shape index (κ3) is 4.24. The highest BCUT2D eigenvalue weighted by molar-refractivity contribution is 6.36. The van der Waals surface area contributed by atoms with Crippen molar-refractivity contribution in [1.29, 1.82) is 0 Å². The summed E-state index contributed by atoms with van der Waals surface area (Å²) in [4.78, 5) is 12.1. The second kappa shape index (κ2) is 7.49. The van der Waals surface area contributed by atoms with E-state index < -0.39 is 0 Å². The van der Waals surface area contributed by atoms with E-state index in [4.69, 9.17) is 23.2 Å². The van der Waals surface area contributed by atoms with Crippen LogP contribution in [0.3, 0.4) is 0 Å². The average Bonchev–Trinajstić information content (AvgIpc) is 2.52. The van der Waals surface area contributed by atoms with E-state index in [0.29, 0.717) is 21.9 Å². The van der Waals surface area contributed by atoms with Gasteiger partial charge in [0.2, 0.25) is 0 Å². The van der Waals surface area contributed by atoms with Gasteiger partial charge >= 0.3 is 0 Å². The standard InChI is InChI=1S/C17H16Cl2N2O2/c1-10(2)15(13-8-12(18)9-14(19)16(13)22)20-21-17(23)11-6-4-3-5-7-11/h3-10,22H,1-2H3,(H,21,23). The minimum Gasteiger partial charge on any atom is -0.506 e. The Labute approximate surface area is 144 Å². The monoisotopic (exact) mass is 350 g/mol. The molecule has 0 bridgehead atoms. The summed E-state index contributed by atoms with van der Waals surface area (Å²) < 4.78 is 0. The summed E-state index contributed by atoms with van der Waals surface area (Å²) >= 11 is 11.9. The molecule has 6 heteroatoms. The average molecular weight is 351 g/mol. The summed E-state index contributed by atoms with van der Waals surface area (Å²) in [5, 5.41) is 14.8. The molecule has 2 aromatic carbocycles. The molecule has 2 rings (SSSR count). The minimum atomic E-state index is -0.337. The minimum absolute atomic E-state index is 0.0634. The first-order chi connectivity index (χ1) is 10.9. The number of hydrogen-bond acceptors (Lipinski definition) is 3. The molecule has 2 N–H and O–H groups in total. The molecule has 0 aromatic heterocycles. The van der Waals surface area contributed by atoms with Gasteiger partial charge in [0.25, 0.3) is 5.91 Å². The molecule has 0 fully saturated rings.